The summed E-state index contributed by atoms with van der Waals surface area (Å²) in [5.41, 5.74) is 0.316. The first-order valence-electron chi connectivity index (χ1n) is 7.19. The maximum Gasteiger partial charge on any atom is 0.277 e. The van der Waals surface area contributed by atoms with Crippen molar-refractivity contribution in [3.63, 3.8) is 0 Å². The number of fused-ring (bicyclic) bond motifs is 1. The summed E-state index contributed by atoms with van der Waals surface area (Å²) in [5.74, 6) is -0.329. The molecule has 0 bridgehead atoms. The molecule has 1 aromatic carbocycles. The third kappa shape index (κ3) is 2.39. The maximum absolute atomic E-state index is 12.6. The van der Waals surface area contributed by atoms with E-state index in [1.165, 1.54) is 23.0 Å². The van der Waals surface area contributed by atoms with Crippen molar-refractivity contribution in [1.82, 2.24) is 9.78 Å². The second-order valence-corrected chi connectivity index (χ2v) is 7.38. The minimum atomic E-state index is -3.39. The van der Waals surface area contributed by atoms with Gasteiger partial charge in [0, 0.05) is 23.9 Å². The van der Waals surface area contributed by atoms with Crippen LogP contribution in [-0.4, -0.2) is 36.3 Å². The molecule has 122 valence electrons. The normalized spacial score (nSPS) is 15.7. The number of nitrogens with one attached hydrogen (secondary N) is 1. The van der Waals surface area contributed by atoms with Gasteiger partial charge in [-0.3, -0.25) is 14.3 Å². The van der Waals surface area contributed by atoms with E-state index in [0.29, 0.717) is 12.1 Å². The summed E-state index contributed by atoms with van der Waals surface area (Å²) in [6.45, 7) is 3.89. The van der Waals surface area contributed by atoms with Gasteiger partial charge in [-0.2, -0.15) is 0 Å². The van der Waals surface area contributed by atoms with E-state index < -0.39 is 21.2 Å². The summed E-state index contributed by atoms with van der Waals surface area (Å²) in [5, 5.41) is 2.73. The van der Waals surface area contributed by atoms with Gasteiger partial charge in [0.15, 0.2) is 9.84 Å². The zero-order valence-corrected chi connectivity index (χ0v) is 13.6. The molecule has 7 nitrogen and oxygen atoms in total. The van der Waals surface area contributed by atoms with Crippen molar-refractivity contribution in [2.45, 2.75) is 25.3 Å². The number of benzene rings is 1. The Morgan fingerprint density at radius 2 is 2.09 bits per heavy atom. The van der Waals surface area contributed by atoms with E-state index in [2.05, 4.69) is 5.10 Å². The number of sulfone groups is 1. The highest BCUT2D eigenvalue weighted by atomic mass is 32.2. The Bertz CT molecular complexity index is 953. The number of ether oxygens (including phenoxy) is 1. The SMILES string of the molecule is CCn1[nH]cc(C(=O)c2ccc3c(c2C)OCCS3(=O)=O)c1=O. The monoisotopic (exact) mass is 336 g/mol. The molecule has 1 aromatic heterocycles. The molecule has 3 rings (SSSR count). The van der Waals surface area contributed by atoms with Crippen LogP contribution < -0.4 is 10.3 Å². The minimum absolute atomic E-state index is 0.0218. The van der Waals surface area contributed by atoms with Crippen molar-refractivity contribution in [1.29, 1.82) is 0 Å². The van der Waals surface area contributed by atoms with Gasteiger partial charge < -0.3 is 9.84 Å². The fraction of sp³-hybridized carbons (Fsp3) is 0.333. The predicted octanol–water partition coefficient (Wildman–Crippen LogP) is 0.902. The van der Waals surface area contributed by atoms with E-state index >= 15 is 0 Å². The Labute approximate surface area is 132 Å². The van der Waals surface area contributed by atoms with E-state index in [-0.39, 0.29) is 34.1 Å². The number of aryl methyl sites for hydroxylation is 1. The van der Waals surface area contributed by atoms with Gasteiger partial charge in [0.1, 0.15) is 22.8 Å². The molecule has 2 heterocycles. The first-order chi connectivity index (χ1) is 10.9. The van der Waals surface area contributed by atoms with E-state index in [1.807, 2.05) is 0 Å². The standard InChI is InChI=1S/C15H16N2O5S/c1-3-17-15(19)11(8-16-17)13(18)10-4-5-12-14(9(10)2)22-6-7-23(12,20)21/h4-5,8,16H,3,6-7H2,1-2H3. The van der Waals surface area contributed by atoms with Gasteiger partial charge in [-0.25, -0.2) is 8.42 Å². The third-order valence-corrected chi connectivity index (χ3v) is 5.64. The lowest BCUT2D eigenvalue weighted by molar-refractivity contribution is 0.103. The lowest BCUT2D eigenvalue weighted by atomic mass is 10.0. The molecule has 0 amide bonds. The van der Waals surface area contributed by atoms with Gasteiger partial charge in [-0.15, -0.1) is 0 Å². The average Bonchev–Trinajstić information content (AvgIpc) is 2.88. The Hall–Kier alpha value is -2.35. The molecule has 0 atom stereocenters. The molecule has 0 aliphatic carbocycles. The van der Waals surface area contributed by atoms with Crippen LogP contribution in [0, 0.1) is 6.92 Å². The number of aromatic nitrogens is 2. The molecule has 0 fully saturated rings. The zero-order valence-electron chi connectivity index (χ0n) is 12.8. The molecule has 2 aromatic rings. The maximum atomic E-state index is 12.6. The minimum Gasteiger partial charge on any atom is -0.491 e. The van der Waals surface area contributed by atoms with Crippen LogP contribution in [0.3, 0.4) is 0 Å². The van der Waals surface area contributed by atoms with E-state index in [9.17, 15) is 18.0 Å². The van der Waals surface area contributed by atoms with Crippen molar-refractivity contribution in [2.24, 2.45) is 0 Å². The highest BCUT2D eigenvalue weighted by Gasteiger charge is 2.29. The Morgan fingerprint density at radius 3 is 2.74 bits per heavy atom. The van der Waals surface area contributed by atoms with Crippen LogP contribution in [-0.2, 0) is 16.4 Å². The number of aromatic amines is 1. The summed E-state index contributed by atoms with van der Waals surface area (Å²) in [6, 6.07) is 2.81. The largest absolute Gasteiger partial charge is 0.491 e. The van der Waals surface area contributed by atoms with Gasteiger partial charge in [-0.1, -0.05) is 0 Å². The molecule has 0 spiro atoms. The van der Waals surface area contributed by atoms with Crippen LogP contribution in [0.2, 0.25) is 0 Å². The van der Waals surface area contributed by atoms with E-state index in [0.717, 1.165) is 0 Å². The number of ketones is 1. The molecule has 1 N–H and O–H groups in total. The second kappa shape index (κ2) is 5.38. The summed E-state index contributed by atoms with van der Waals surface area (Å²) in [7, 11) is -3.39. The van der Waals surface area contributed by atoms with Crippen LogP contribution >= 0.6 is 0 Å². The summed E-state index contributed by atoms with van der Waals surface area (Å²) < 4.78 is 30.9. The lowest BCUT2D eigenvalue weighted by Crippen LogP contribution is -2.24. The fourth-order valence-corrected chi connectivity index (χ4v) is 3.94. The summed E-state index contributed by atoms with van der Waals surface area (Å²) >= 11 is 0. The first-order valence-corrected chi connectivity index (χ1v) is 8.84. The van der Waals surface area contributed by atoms with Gasteiger partial charge >= 0.3 is 0 Å². The number of H-pyrrole nitrogens is 1. The number of nitrogens with zero attached hydrogens (tertiary/aromatic N) is 1. The molecule has 0 radical (unpaired) electrons. The number of hydrogen-bond acceptors (Lipinski definition) is 5. The van der Waals surface area contributed by atoms with Gasteiger partial charge in [0.2, 0.25) is 5.78 Å². The van der Waals surface area contributed by atoms with Gasteiger partial charge in [0.05, 0.1) is 5.75 Å². The molecule has 0 saturated carbocycles. The number of rotatable bonds is 3. The Kier molecular flexibility index (Phi) is 3.63. The average molecular weight is 336 g/mol. The van der Waals surface area contributed by atoms with Crippen LogP contribution in [0.1, 0.15) is 28.4 Å². The van der Waals surface area contributed by atoms with Crippen molar-refractivity contribution in [3.8, 4) is 5.75 Å². The molecule has 1 aliphatic heterocycles. The van der Waals surface area contributed by atoms with Crippen molar-refractivity contribution in [2.75, 3.05) is 12.4 Å². The molecular weight excluding hydrogens is 320 g/mol. The predicted molar refractivity (Wildman–Crippen MR) is 82.9 cm³/mol. The van der Waals surface area contributed by atoms with Gasteiger partial charge in [0.25, 0.3) is 5.56 Å². The lowest BCUT2D eigenvalue weighted by Gasteiger charge is -2.20. The fourth-order valence-electron chi connectivity index (χ4n) is 2.65. The molecular formula is C15H16N2O5S. The van der Waals surface area contributed by atoms with E-state index in [4.69, 9.17) is 4.74 Å². The Balaban J connectivity index is 2.13. The number of hydrogen-bond donors (Lipinski definition) is 1. The summed E-state index contributed by atoms with van der Waals surface area (Å²) in [6.07, 6.45) is 1.37. The molecule has 0 unspecified atom stereocenters. The topological polar surface area (TPSA) is 98.2 Å². The van der Waals surface area contributed by atoms with Crippen LogP contribution in [0.4, 0.5) is 0 Å². The zero-order chi connectivity index (χ0) is 16.8. The quantitative estimate of drug-likeness (QED) is 0.840. The van der Waals surface area contributed by atoms with Crippen LogP contribution in [0.5, 0.6) is 5.75 Å². The molecule has 1 aliphatic rings. The van der Waals surface area contributed by atoms with Crippen molar-refractivity contribution >= 4 is 15.6 Å². The van der Waals surface area contributed by atoms with Crippen molar-refractivity contribution in [3.05, 3.63) is 45.4 Å². The number of carbonyl (C=O) groups excluding carboxylic acids is 1. The van der Waals surface area contributed by atoms with Crippen LogP contribution in [0.15, 0.2) is 28.0 Å². The van der Waals surface area contributed by atoms with Gasteiger partial charge in [-0.05, 0) is 26.0 Å². The summed E-state index contributed by atoms with van der Waals surface area (Å²) in [4.78, 5) is 24.8. The smallest absolute Gasteiger partial charge is 0.277 e. The Morgan fingerprint density at radius 1 is 1.35 bits per heavy atom. The molecule has 23 heavy (non-hydrogen) atoms. The molecule has 8 heteroatoms. The first kappa shape index (κ1) is 15.5. The number of carbonyl (C=O) groups is 1. The van der Waals surface area contributed by atoms with Crippen LogP contribution in [0.25, 0.3) is 0 Å². The third-order valence-electron chi connectivity index (χ3n) is 3.95. The van der Waals surface area contributed by atoms with Crippen molar-refractivity contribution < 1.29 is 17.9 Å². The molecule has 0 saturated heterocycles. The highest BCUT2D eigenvalue weighted by Crippen LogP contribution is 2.34. The highest BCUT2D eigenvalue weighted by molar-refractivity contribution is 7.91. The van der Waals surface area contributed by atoms with E-state index in [1.54, 1.807) is 13.8 Å². The second-order valence-electron chi connectivity index (χ2n) is 5.30.